The molecule has 1 heterocycles. The number of nitrogens with zero attached hydrogens (tertiary/aromatic N) is 3. The van der Waals surface area contributed by atoms with Gasteiger partial charge in [-0.2, -0.15) is 0 Å². The van der Waals surface area contributed by atoms with E-state index < -0.39 is 124 Å². The fourth-order valence-corrected chi connectivity index (χ4v) is 10.7. The molecular weight excluding hydrogens is 1510 g/mol. The Bertz CT molecular complexity index is 3260. The molecule has 37 heteroatoms. The van der Waals surface area contributed by atoms with Gasteiger partial charge in [0.2, 0.25) is 23.6 Å². The van der Waals surface area contributed by atoms with Crippen LogP contribution < -0.4 is 80.0 Å². The van der Waals surface area contributed by atoms with Crippen LogP contribution in [0.3, 0.4) is 0 Å². The molecule has 4 atom stereocenters. The molecule has 0 bridgehead atoms. The highest BCUT2D eigenvalue weighted by Gasteiger charge is 2.30. The number of amides is 11. The normalized spacial score (nSPS) is 12.8. The Hall–Kier alpha value is -9.61. The molecule has 1 aromatic heterocycles. The number of carbonyl (C=O) groups excluding carboxylic acids is 11. The second-order valence-electron chi connectivity index (χ2n) is 33.7. The van der Waals surface area contributed by atoms with Crippen LogP contribution in [0.5, 0.6) is 5.75 Å². The van der Waals surface area contributed by atoms with Crippen LogP contribution in [-0.4, -0.2) is 217 Å². The van der Waals surface area contributed by atoms with Crippen LogP contribution in [0, 0.1) is 5.41 Å². The predicted octanol–water partition coefficient (Wildman–Crippen LogP) is 8.80. The fraction of sp³-hybridized carbons (Fsp3) is 0.718. The summed E-state index contributed by atoms with van der Waals surface area (Å²) in [4.78, 5) is 154. The smallest absolute Gasteiger partial charge is 0.408 e. The Morgan fingerprint density at radius 3 is 1.03 bits per heavy atom. The zero-order chi connectivity index (χ0) is 86.8. The van der Waals surface area contributed by atoms with Gasteiger partial charge in [-0.25, -0.2) is 38.7 Å². The minimum atomic E-state index is -1.02. The summed E-state index contributed by atoms with van der Waals surface area (Å²) < 4.78 is 38.8. The summed E-state index contributed by atoms with van der Waals surface area (Å²) in [6.07, 6.45) is 3.07. The molecule has 0 radical (unpaired) electrons. The molecule has 652 valence electrons. The molecule has 2 rings (SSSR count). The third kappa shape index (κ3) is 51.1. The topological polar surface area (TPSA) is 502 Å². The molecule has 17 N–H and O–H groups in total. The maximum Gasteiger partial charge on any atom is 0.408 e. The van der Waals surface area contributed by atoms with Crippen LogP contribution in [0.2, 0.25) is 5.15 Å². The van der Waals surface area contributed by atoms with Gasteiger partial charge in [0.1, 0.15) is 70.1 Å². The monoisotopic (exact) mass is 1650 g/mol. The van der Waals surface area contributed by atoms with E-state index in [1.807, 2.05) is 24.3 Å². The summed E-state index contributed by atoms with van der Waals surface area (Å²) >= 11 is 5.91. The SMILES string of the molecule is CC(C)(C)OC(=O)NCCCC[C@H](NC(=O)OC(C)(C)C)C(=O)NCCCC[C@H](NC(=O)OC(C)(C)C)C(=O)NCCCN(CCCNC(=O)[C@H](CCCCNC(=O)[C@H](CCCCNC(=O)OC(C)(C)C)NC(=O)OC(C)(C)C)NC(=O)OC(C)(C)C)CCOc1ccc(CCCCNC(=N)NC(=O)c2nc(Cl)c(N)nc2N)cc1. The first kappa shape index (κ1) is 101. The molecule has 0 fully saturated rings. The van der Waals surface area contributed by atoms with Crippen molar-refractivity contribution in [1.29, 1.82) is 5.41 Å². The van der Waals surface area contributed by atoms with Crippen molar-refractivity contribution < 1.29 is 85.9 Å². The number of anilines is 2. The lowest BCUT2D eigenvalue weighted by atomic mass is 10.1. The highest BCUT2D eigenvalue weighted by molar-refractivity contribution is 6.31. The molecule has 2 aromatic rings. The van der Waals surface area contributed by atoms with Gasteiger partial charge in [-0.15, -0.1) is 0 Å². The van der Waals surface area contributed by atoms with Crippen molar-refractivity contribution in [3.05, 3.63) is 40.7 Å². The molecule has 0 unspecified atom stereocenters. The second-order valence-corrected chi connectivity index (χ2v) is 34.0. The van der Waals surface area contributed by atoms with E-state index in [1.54, 1.807) is 125 Å². The average Bonchev–Trinajstić information content (AvgIpc) is 0.831. The van der Waals surface area contributed by atoms with Crippen molar-refractivity contribution in [3.8, 4) is 5.75 Å². The van der Waals surface area contributed by atoms with Crippen molar-refractivity contribution in [2.75, 3.05) is 83.5 Å². The maximum atomic E-state index is 14.0. The van der Waals surface area contributed by atoms with Gasteiger partial charge in [-0.05, 0) is 265 Å². The van der Waals surface area contributed by atoms with Crippen LogP contribution in [0.4, 0.5) is 40.4 Å². The number of guanidine groups is 1. The fourth-order valence-electron chi connectivity index (χ4n) is 10.6. The molecule has 1 aromatic carbocycles. The minimum absolute atomic E-state index is 0.127. The largest absolute Gasteiger partial charge is 0.492 e. The molecule has 0 aliphatic rings. The van der Waals surface area contributed by atoms with Gasteiger partial charge in [0.05, 0.1) is 0 Å². The van der Waals surface area contributed by atoms with Gasteiger partial charge in [0, 0.05) is 52.4 Å². The number of hydrogen-bond donors (Lipinski definition) is 15. The Morgan fingerprint density at radius 2 is 0.696 bits per heavy atom. The van der Waals surface area contributed by atoms with Crippen molar-refractivity contribution in [3.63, 3.8) is 0 Å². The van der Waals surface area contributed by atoms with E-state index in [0.29, 0.717) is 109 Å². The van der Waals surface area contributed by atoms with Gasteiger partial charge in [0.25, 0.3) is 5.91 Å². The summed E-state index contributed by atoms with van der Waals surface area (Å²) in [6, 6.07) is 3.69. The number of alkyl carbamates (subject to hydrolysis) is 6. The van der Waals surface area contributed by atoms with E-state index in [2.05, 4.69) is 78.7 Å². The number of unbranched alkanes of at least 4 members (excludes halogenated alkanes) is 5. The third-order valence-corrected chi connectivity index (χ3v) is 16.0. The zero-order valence-corrected chi connectivity index (χ0v) is 71.9. The number of aryl methyl sites for hydroxylation is 1. The number of rotatable bonds is 46. The van der Waals surface area contributed by atoms with E-state index in [0.717, 1.165) is 12.0 Å². The van der Waals surface area contributed by atoms with Crippen molar-refractivity contribution in [2.45, 2.75) is 292 Å². The number of ether oxygens (including phenoxy) is 7. The van der Waals surface area contributed by atoms with Crippen LogP contribution in [0.15, 0.2) is 24.3 Å². The first-order chi connectivity index (χ1) is 53.4. The third-order valence-electron chi connectivity index (χ3n) is 15.7. The van der Waals surface area contributed by atoms with Crippen LogP contribution in [0.1, 0.15) is 243 Å². The standard InChI is InChI=1S/C78H135ClN18O18/c1-73(2,3)110-67(103)88-43-27-22-34-53(90-69(105)112-75(7,8)9)61(98)83-40-25-20-32-55(92-71(107)114-77(13,14)15)63(100)85-45-29-47-97(49-50-109-52-38-36-51(37-39-52)31-19-24-42-87-66(82)96-65(102)57-59(80)95-60(81)58(79)94-57)48-30-46-86-64(101)56(93-72(108)115-78(16,17)18)33-21-26-41-84-62(99)54(91-70(106)113-76(10,11)12)35-23-28-44-89-68(104)111-74(4,5)6/h36-39,53-56H,19-35,40-50H2,1-18H3,(H,83,98)(H,84,99)(H,85,100)(H,86,101)(H,88,103)(H,89,104)(H,90,105)(H,91,106)(H,92,107)(H,93,108)(H4,80,81,95)(H3,82,87,96,102)/t53-,54-,55-,56-/m0/s1. The molecule has 0 saturated heterocycles. The van der Waals surface area contributed by atoms with Gasteiger partial charge < -0.3 is 103 Å². The first-order valence-corrected chi connectivity index (χ1v) is 40.0. The highest BCUT2D eigenvalue weighted by atomic mass is 35.5. The van der Waals surface area contributed by atoms with E-state index in [1.165, 1.54) is 0 Å². The molecule has 11 amide bonds. The zero-order valence-electron chi connectivity index (χ0n) is 71.1. The quantitative estimate of drug-likeness (QED) is 0.0127. The summed E-state index contributed by atoms with van der Waals surface area (Å²) in [6.45, 7) is 34.3. The number of benzene rings is 1. The van der Waals surface area contributed by atoms with Gasteiger partial charge in [-0.1, -0.05) is 23.7 Å². The maximum absolute atomic E-state index is 14.0. The molecule has 36 nitrogen and oxygen atoms in total. The Labute approximate surface area is 683 Å². The number of halogens is 1. The van der Waals surface area contributed by atoms with Crippen molar-refractivity contribution in [2.24, 2.45) is 0 Å². The number of nitrogen functional groups attached to an aromatic ring is 2. The van der Waals surface area contributed by atoms with Gasteiger partial charge >= 0.3 is 36.6 Å². The number of nitrogens with two attached hydrogens (primary N) is 2. The second kappa shape index (κ2) is 50.7. The Balaban J connectivity index is 2.23. The molecule has 115 heavy (non-hydrogen) atoms. The van der Waals surface area contributed by atoms with E-state index in [9.17, 15) is 52.7 Å². The summed E-state index contributed by atoms with van der Waals surface area (Å²) in [5.74, 6) is -2.59. The lowest BCUT2D eigenvalue weighted by molar-refractivity contribution is -0.124. The van der Waals surface area contributed by atoms with Crippen LogP contribution in [0.25, 0.3) is 0 Å². The molecule has 0 aliphatic carbocycles. The summed E-state index contributed by atoms with van der Waals surface area (Å²) in [5.41, 5.74) is 7.43. The average molecular weight is 1650 g/mol. The highest BCUT2D eigenvalue weighted by Crippen LogP contribution is 2.20. The lowest BCUT2D eigenvalue weighted by Crippen LogP contribution is -2.49. The van der Waals surface area contributed by atoms with Crippen LogP contribution >= 0.6 is 11.6 Å². The van der Waals surface area contributed by atoms with E-state index >= 15 is 0 Å². The van der Waals surface area contributed by atoms with Crippen molar-refractivity contribution in [1.82, 2.24) is 78.7 Å². The van der Waals surface area contributed by atoms with Gasteiger partial charge in [0.15, 0.2) is 28.4 Å². The minimum Gasteiger partial charge on any atom is -0.492 e. The molecule has 0 aliphatic heterocycles. The molecular formula is C78H135ClN18O18. The van der Waals surface area contributed by atoms with Crippen molar-refractivity contribution >= 4 is 95.3 Å². The first-order valence-electron chi connectivity index (χ1n) is 39.6. The predicted molar refractivity (Wildman–Crippen MR) is 438 cm³/mol. The van der Waals surface area contributed by atoms with Gasteiger partial charge in [-0.3, -0.25) is 39.6 Å². The van der Waals surface area contributed by atoms with Crippen LogP contribution in [-0.2, 0) is 54.0 Å². The number of nitrogens with one attached hydrogen (secondary N) is 13. The molecule has 0 spiro atoms. The van der Waals surface area contributed by atoms with E-state index in [-0.39, 0.29) is 100 Å². The molecule has 0 saturated carbocycles. The lowest BCUT2D eigenvalue weighted by Gasteiger charge is -2.25. The number of hydrogen-bond acceptors (Lipinski definition) is 24. The van der Waals surface area contributed by atoms with E-state index in [4.69, 9.17) is 61.6 Å². The summed E-state index contributed by atoms with van der Waals surface area (Å²) in [7, 11) is 0. The number of carbonyl (C=O) groups is 11. The number of aromatic nitrogens is 2. The summed E-state index contributed by atoms with van der Waals surface area (Å²) in [5, 5.41) is 41.0. The Morgan fingerprint density at radius 1 is 0.391 bits per heavy atom. The Kier molecular flexibility index (Phi) is 44.7.